The van der Waals surface area contributed by atoms with Gasteiger partial charge in [-0.25, -0.2) is 0 Å². The van der Waals surface area contributed by atoms with E-state index in [1.54, 1.807) is 18.4 Å². The zero-order chi connectivity index (χ0) is 12.4. The molecular formula is C10H14N6S. The zero-order valence-corrected chi connectivity index (χ0v) is 10.7. The average Bonchev–Trinajstić information content (AvgIpc) is 2.74. The highest BCUT2D eigenvalue weighted by molar-refractivity contribution is 7.16. The predicted molar refractivity (Wildman–Crippen MR) is 70.9 cm³/mol. The average molecular weight is 250 g/mol. The minimum absolute atomic E-state index is 0.208. The molecule has 0 aliphatic heterocycles. The van der Waals surface area contributed by atoms with Gasteiger partial charge in [-0.15, -0.1) is 11.3 Å². The lowest BCUT2D eigenvalue weighted by atomic mass is 10.5. The van der Waals surface area contributed by atoms with Gasteiger partial charge in [-0.1, -0.05) is 0 Å². The van der Waals surface area contributed by atoms with Crippen LogP contribution in [0, 0.1) is 6.92 Å². The summed E-state index contributed by atoms with van der Waals surface area (Å²) in [6.07, 6.45) is 0. The van der Waals surface area contributed by atoms with Gasteiger partial charge in [-0.3, -0.25) is 0 Å². The van der Waals surface area contributed by atoms with Crippen molar-refractivity contribution < 1.29 is 0 Å². The van der Waals surface area contributed by atoms with E-state index in [1.807, 2.05) is 18.0 Å². The van der Waals surface area contributed by atoms with Crippen molar-refractivity contribution in [2.75, 3.05) is 30.0 Å². The second-order valence-corrected chi connectivity index (χ2v) is 4.78. The van der Waals surface area contributed by atoms with Crippen LogP contribution >= 0.6 is 11.3 Å². The lowest BCUT2D eigenvalue weighted by Crippen LogP contribution is -2.15. The smallest absolute Gasteiger partial charge is 0.236 e. The van der Waals surface area contributed by atoms with Crippen molar-refractivity contribution in [3.63, 3.8) is 0 Å². The molecule has 0 aliphatic carbocycles. The molecule has 3 N–H and O–H groups in total. The Hall–Kier alpha value is -1.89. The van der Waals surface area contributed by atoms with Crippen LogP contribution in [0.15, 0.2) is 12.1 Å². The minimum Gasteiger partial charge on any atom is -0.368 e. The van der Waals surface area contributed by atoms with Crippen molar-refractivity contribution >= 4 is 34.2 Å². The van der Waals surface area contributed by atoms with Crippen LogP contribution in [0.25, 0.3) is 0 Å². The molecule has 0 fully saturated rings. The van der Waals surface area contributed by atoms with Crippen molar-refractivity contribution in [1.82, 2.24) is 15.0 Å². The molecule has 0 radical (unpaired) electrons. The van der Waals surface area contributed by atoms with Gasteiger partial charge in [0.05, 0.1) is 5.00 Å². The molecule has 0 aromatic carbocycles. The summed E-state index contributed by atoms with van der Waals surface area (Å²) in [7, 11) is 3.65. The van der Waals surface area contributed by atoms with Crippen LogP contribution in [0.2, 0.25) is 0 Å². The number of nitrogens with one attached hydrogen (secondary N) is 1. The molecule has 0 spiro atoms. The third kappa shape index (κ3) is 2.44. The Labute approximate surface area is 104 Å². The van der Waals surface area contributed by atoms with E-state index >= 15 is 0 Å². The van der Waals surface area contributed by atoms with E-state index in [-0.39, 0.29) is 5.95 Å². The van der Waals surface area contributed by atoms with Crippen LogP contribution in [0.1, 0.15) is 4.88 Å². The Morgan fingerprint density at radius 2 is 2.06 bits per heavy atom. The second kappa shape index (κ2) is 4.54. The highest BCUT2D eigenvalue weighted by Gasteiger charge is 2.11. The first-order valence-electron chi connectivity index (χ1n) is 5.09. The largest absolute Gasteiger partial charge is 0.368 e. The summed E-state index contributed by atoms with van der Waals surface area (Å²) in [5.74, 6) is 1.20. The van der Waals surface area contributed by atoms with Gasteiger partial charge in [0.25, 0.3) is 0 Å². The quantitative estimate of drug-likeness (QED) is 0.862. The summed E-state index contributed by atoms with van der Waals surface area (Å²) in [6.45, 7) is 2.06. The van der Waals surface area contributed by atoms with Crippen LogP contribution in [0.3, 0.4) is 0 Å². The normalized spacial score (nSPS) is 10.3. The number of nitrogen functional groups attached to an aromatic ring is 1. The first kappa shape index (κ1) is 11.6. The molecule has 17 heavy (non-hydrogen) atoms. The predicted octanol–water partition coefficient (Wildman–Crippen LogP) is 1.63. The van der Waals surface area contributed by atoms with Crippen LogP contribution < -0.4 is 16.0 Å². The monoisotopic (exact) mass is 250 g/mol. The third-order valence-corrected chi connectivity index (χ3v) is 3.30. The molecule has 0 unspecified atom stereocenters. The summed E-state index contributed by atoms with van der Waals surface area (Å²) in [6, 6.07) is 4.08. The lowest BCUT2D eigenvalue weighted by molar-refractivity contribution is 1.00. The molecule has 2 rings (SSSR count). The Balaban J connectivity index is 2.36. The molecule has 0 bridgehead atoms. The van der Waals surface area contributed by atoms with Gasteiger partial charge in [-0.2, -0.15) is 15.0 Å². The summed E-state index contributed by atoms with van der Waals surface area (Å²) in [4.78, 5) is 15.5. The maximum absolute atomic E-state index is 5.63. The molecule has 2 aromatic heterocycles. The number of anilines is 4. The van der Waals surface area contributed by atoms with Crippen LogP contribution in [-0.4, -0.2) is 29.0 Å². The van der Waals surface area contributed by atoms with Gasteiger partial charge < -0.3 is 16.0 Å². The third-order valence-electron chi connectivity index (χ3n) is 2.22. The Morgan fingerprint density at radius 3 is 2.65 bits per heavy atom. The summed E-state index contributed by atoms with van der Waals surface area (Å²) >= 11 is 1.67. The van der Waals surface area contributed by atoms with Crippen LogP contribution in [0.4, 0.5) is 22.8 Å². The van der Waals surface area contributed by atoms with E-state index < -0.39 is 0 Å². The standard InChI is InChI=1S/C10H14N6S/c1-6-4-5-7(17-6)16(3)10-14-8(11)13-9(12-2)15-10/h4-5H,1-3H3,(H3,11,12,13,14,15). The minimum atomic E-state index is 0.208. The maximum Gasteiger partial charge on any atom is 0.236 e. The number of aryl methyl sites for hydroxylation is 1. The number of aromatic nitrogens is 3. The summed E-state index contributed by atoms with van der Waals surface area (Å²) in [5, 5.41) is 3.92. The number of hydrogen-bond donors (Lipinski definition) is 2. The number of thiophene rings is 1. The lowest BCUT2D eigenvalue weighted by Gasteiger charge is -2.15. The van der Waals surface area contributed by atoms with Crippen molar-refractivity contribution in [3.8, 4) is 0 Å². The van der Waals surface area contributed by atoms with Crippen molar-refractivity contribution in [1.29, 1.82) is 0 Å². The van der Waals surface area contributed by atoms with Crippen LogP contribution in [-0.2, 0) is 0 Å². The van der Waals surface area contributed by atoms with Crippen molar-refractivity contribution in [3.05, 3.63) is 17.0 Å². The van der Waals surface area contributed by atoms with Crippen molar-refractivity contribution in [2.24, 2.45) is 0 Å². The number of rotatable bonds is 3. The fourth-order valence-corrected chi connectivity index (χ4v) is 2.16. The molecule has 0 aliphatic rings. The van der Waals surface area contributed by atoms with E-state index in [2.05, 4.69) is 33.3 Å². The fourth-order valence-electron chi connectivity index (χ4n) is 1.34. The fraction of sp³-hybridized carbons (Fsp3) is 0.300. The first-order valence-corrected chi connectivity index (χ1v) is 5.91. The zero-order valence-electron chi connectivity index (χ0n) is 9.93. The van der Waals surface area contributed by atoms with Crippen molar-refractivity contribution in [2.45, 2.75) is 6.92 Å². The molecule has 0 atom stereocenters. The summed E-state index contributed by atoms with van der Waals surface area (Å²) in [5.41, 5.74) is 5.63. The Kier molecular flexibility index (Phi) is 3.10. The van der Waals surface area contributed by atoms with Gasteiger partial charge in [-0.05, 0) is 19.1 Å². The first-order chi connectivity index (χ1) is 8.10. The number of hydrogen-bond acceptors (Lipinski definition) is 7. The van der Waals surface area contributed by atoms with Gasteiger partial charge in [0.2, 0.25) is 17.8 Å². The van der Waals surface area contributed by atoms with E-state index in [0.29, 0.717) is 11.9 Å². The van der Waals surface area contributed by atoms with E-state index in [0.717, 1.165) is 5.00 Å². The number of nitrogens with zero attached hydrogens (tertiary/aromatic N) is 4. The molecule has 6 nitrogen and oxygen atoms in total. The van der Waals surface area contributed by atoms with Gasteiger partial charge in [0, 0.05) is 19.0 Å². The van der Waals surface area contributed by atoms with Gasteiger partial charge in [0.15, 0.2) is 0 Å². The Morgan fingerprint density at radius 1 is 1.29 bits per heavy atom. The van der Waals surface area contributed by atoms with E-state index in [9.17, 15) is 0 Å². The molecular weight excluding hydrogens is 236 g/mol. The SMILES string of the molecule is CNc1nc(N)nc(N(C)c2ccc(C)s2)n1. The maximum atomic E-state index is 5.63. The Bertz CT molecular complexity index is 523. The summed E-state index contributed by atoms with van der Waals surface area (Å²) < 4.78 is 0. The van der Waals surface area contributed by atoms with Gasteiger partial charge in [0.1, 0.15) is 0 Å². The molecule has 0 amide bonds. The molecule has 90 valence electrons. The highest BCUT2D eigenvalue weighted by atomic mass is 32.1. The molecule has 0 saturated carbocycles. The molecule has 2 heterocycles. The van der Waals surface area contributed by atoms with Crippen LogP contribution in [0.5, 0.6) is 0 Å². The molecule has 7 heteroatoms. The highest BCUT2D eigenvalue weighted by Crippen LogP contribution is 2.28. The van der Waals surface area contributed by atoms with Gasteiger partial charge >= 0.3 is 0 Å². The second-order valence-electron chi connectivity index (χ2n) is 3.51. The number of nitrogens with two attached hydrogens (primary N) is 1. The van der Waals surface area contributed by atoms with E-state index in [1.165, 1.54) is 4.88 Å². The van der Waals surface area contributed by atoms with E-state index in [4.69, 9.17) is 5.73 Å². The topological polar surface area (TPSA) is 80.0 Å². The molecule has 0 saturated heterocycles. The molecule has 2 aromatic rings.